The molecular weight excluding hydrogens is 466 g/mol. The second kappa shape index (κ2) is 10.4. The topological polar surface area (TPSA) is 88.9 Å². The molecule has 3 amide bonds. The van der Waals surface area contributed by atoms with Crippen LogP contribution in [0.25, 0.3) is 11.4 Å². The van der Waals surface area contributed by atoms with Crippen molar-refractivity contribution in [2.75, 3.05) is 5.75 Å². The number of amides is 3. The second-order valence-electron chi connectivity index (χ2n) is 6.82. The van der Waals surface area contributed by atoms with Crippen LogP contribution in [-0.2, 0) is 11.3 Å². The van der Waals surface area contributed by atoms with Crippen LogP contribution >= 0.6 is 27.7 Å². The maximum atomic E-state index is 12.2. The standard InChI is InChI=1S/C21H22BrN5O2S/c1-14(2)23-20(29)24-18(28)13-30-21-26-25-19(16-10-6-7-11-17(16)22)27(21)12-15-8-4-3-5-9-15/h3-11,14H,12-13H2,1-2H3,(H2,23,24,28,29). The summed E-state index contributed by atoms with van der Waals surface area (Å²) < 4.78 is 2.88. The highest BCUT2D eigenvalue weighted by atomic mass is 79.9. The van der Waals surface area contributed by atoms with Crippen molar-refractivity contribution >= 4 is 39.6 Å². The molecule has 0 aliphatic rings. The summed E-state index contributed by atoms with van der Waals surface area (Å²) in [6.45, 7) is 4.21. The normalized spacial score (nSPS) is 10.8. The zero-order chi connectivity index (χ0) is 21.5. The number of halogens is 1. The Bertz CT molecular complexity index is 1020. The Morgan fingerprint density at radius 3 is 2.47 bits per heavy atom. The van der Waals surface area contributed by atoms with Gasteiger partial charge in [0.15, 0.2) is 11.0 Å². The van der Waals surface area contributed by atoms with Gasteiger partial charge >= 0.3 is 6.03 Å². The lowest BCUT2D eigenvalue weighted by Gasteiger charge is -2.12. The number of aromatic nitrogens is 3. The number of carbonyl (C=O) groups is 2. The van der Waals surface area contributed by atoms with E-state index in [-0.39, 0.29) is 11.8 Å². The summed E-state index contributed by atoms with van der Waals surface area (Å²) in [5.74, 6) is 0.357. The molecular formula is C21H22BrN5O2S. The Hall–Kier alpha value is -2.65. The monoisotopic (exact) mass is 487 g/mol. The quantitative estimate of drug-likeness (QED) is 0.490. The van der Waals surface area contributed by atoms with E-state index in [1.54, 1.807) is 0 Å². The SMILES string of the molecule is CC(C)NC(=O)NC(=O)CSc1nnc(-c2ccccc2Br)n1Cc1ccccc1. The van der Waals surface area contributed by atoms with Gasteiger partial charge in [-0.1, -0.05) is 76.2 Å². The molecule has 0 spiro atoms. The van der Waals surface area contributed by atoms with Gasteiger partial charge in [0, 0.05) is 16.1 Å². The zero-order valence-electron chi connectivity index (χ0n) is 16.6. The van der Waals surface area contributed by atoms with Crippen molar-refractivity contribution < 1.29 is 9.59 Å². The predicted molar refractivity (Wildman–Crippen MR) is 121 cm³/mol. The number of hydrogen-bond acceptors (Lipinski definition) is 5. The molecule has 156 valence electrons. The Morgan fingerprint density at radius 2 is 1.77 bits per heavy atom. The molecule has 0 aliphatic heterocycles. The first-order chi connectivity index (χ1) is 14.4. The van der Waals surface area contributed by atoms with E-state index in [1.165, 1.54) is 11.8 Å². The molecule has 0 unspecified atom stereocenters. The van der Waals surface area contributed by atoms with Crippen LogP contribution in [0.1, 0.15) is 19.4 Å². The third kappa shape index (κ3) is 5.93. The Balaban J connectivity index is 1.81. The molecule has 0 radical (unpaired) electrons. The van der Waals surface area contributed by atoms with Crippen LogP contribution in [0, 0.1) is 0 Å². The lowest BCUT2D eigenvalue weighted by Crippen LogP contribution is -2.43. The Labute approximate surface area is 187 Å². The smallest absolute Gasteiger partial charge is 0.321 e. The molecule has 0 aliphatic carbocycles. The van der Waals surface area contributed by atoms with Crippen LogP contribution in [0.15, 0.2) is 64.2 Å². The van der Waals surface area contributed by atoms with E-state index in [0.717, 1.165) is 15.6 Å². The molecule has 0 atom stereocenters. The molecule has 0 saturated heterocycles. The Morgan fingerprint density at radius 1 is 1.07 bits per heavy atom. The van der Waals surface area contributed by atoms with Crippen molar-refractivity contribution in [3.8, 4) is 11.4 Å². The van der Waals surface area contributed by atoms with E-state index in [0.29, 0.717) is 17.5 Å². The van der Waals surface area contributed by atoms with Gasteiger partial charge in [-0.25, -0.2) is 4.79 Å². The summed E-state index contributed by atoms with van der Waals surface area (Å²) in [5.41, 5.74) is 2.00. The Kier molecular flexibility index (Phi) is 7.64. The fourth-order valence-corrected chi connectivity index (χ4v) is 3.94. The van der Waals surface area contributed by atoms with Gasteiger partial charge in [0.2, 0.25) is 5.91 Å². The molecule has 2 aromatic carbocycles. The minimum atomic E-state index is -0.504. The molecule has 9 heteroatoms. The largest absolute Gasteiger partial charge is 0.336 e. The molecule has 0 saturated carbocycles. The summed E-state index contributed by atoms with van der Waals surface area (Å²) in [5, 5.41) is 14.2. The van der Waals surface area contributed by atoms with Crippen LogP contribution in [0.2, 0.25) is 0 Å². The average molecular weight is 488 g/mol. The molecule has 1 heterocycles. The number of carbonyl (C=O) groups excluding carboxylic acids is 2. The van der Waals surface area contributed by atoms with Crippen molar-refractivity contribution in [1.82, 2.24) is 25.4 Å². The minimum absolute atomic E-state index is 0.0497. The van der Waals surface area contributed by atoms with E-state index < -0.39 is 11.9 Å². The first-order valence-corrected chi connectivity index (χ1v) is 11.2. The molecule has 0 bridgehead atoms. The van der Waals surface area contributed by atoms with E-state index in [2.05, 4.69) is 36.8 Å². The van der Waals surface area contributed by atoms with Gasteiger partial charge < -0.3 is 5.32 Å². The van der Waals surface area contributed by atoms with Crippen LogP contribution in [-0.4, -0.2) is 38.5 Å². The number of imide groups is 1. The molecule has 30 heavy (non-hydrogen) atoms. The lowest BCUT2D eigenvalue weighted by atomic mass is 10.2. The van der Waals surface area contributed by atoms with Crippen molar-refractivity contribution in [3.05, 3.63) is 64.6 Å². The second-order valence-corrected chi connectivity index (χ2v) is 8.62. The average Bonchev–Trinajstić information content (AvgIpc) is 3.09. The van der Waals surface area contributed by atoms with Gasteiger partial charge in [0.05, 0.1) is 12.3 Å². The summed E-state index contributed by atoms with van der Waals surface area (Å²) in [7, 11) is 0. The number of nitrogens with zero attached hydrogens (tertiary/aromatic N) is 3. The van der Waals surface area contributed by atoms with Gasteiger partial charge in [-0.05, 0) is 25.5 Å². The van der Waals surface area contributed by atoms with Crippen molar-refractivity contribution in [2.45, 2.75) is 31.6 Å². The van der Waals surface area contributed by atoms with E-state index >= 15 is 0 Å². The third-order valence-corrected chi connectivity index (χ3v) is 5.68. The van der Waals surface area contributed by atoms with Crippen LogP contribution < -0.4 is 10.6 Å². The third-order valence-electron chi connectivity index (χ3n) is 4.02. The van der Waals surface area contributed by atoms with Crippen molar-refractivity contribution in [3.63, 3.8) is 0 Å². The van der Waals surface area contributed by atoms with Crippen molar-refractivity contribution in [1.29, 1.82) is 0 Å². The fourth-order valence-electron chi connectivity index (χ4n) is 2.74. The van der Waals surface area contributed by atoms with Gasteiger partial charge in [0.1, 0.15) is 0 Å². The van der Waals surface area contributed by atoms with Gasteiger partial charge in [-0.2, -0.15) is 0 Å². The summed E-state index contributed by atoms with van der Waals surface area (Å²) >= 11 is 4.81. The number of rotatable bonds is 7. The first-order valence-electron chi connectivity index (χ1n) is 9.39. The highest BCUT2D eigenvalue weighted by Crippen LogP contribution is 2.30. The van der Waals surface area contributed by atoms with Gasteiger partial charge in [0.25, 0.3) is 0 Å². The van der Waals surface area contributed by atoms with Crippen LogP contribution in [0.5, 0.6) is 0 Å². The molecule has 7 nitrogen and oxygen atoms in total. The van der Waals surface area contributed by atoms with Gasteiger partial charge in [-0.3, -0.25) is 14.7 Å². The molecule has 0 fully saturated rings. The minimum Gasteiger partial charge on any atom is -0.336 e. The van der Waals surface area contributed by atoms with E-state index in [1.807, 2.05) is 73.0 Å². The summed E-state index contributed by atoms with van der Waals surface area (Å²) in [6.07, 6.45) is 0. The number of benzene rings is 2. The number of urea groups is 1. The maximum absolute atomic E-state index is 12.2. The highest BCUT2D eigenvalue weighted by Gasteiger charge is 2.18. The molecule has 3 aromatic rings. The zero-order valence-corrected chi connectivity index (χ0v) is 19.0. The van der Waals surface area contributed by atoms with E-state index in [9.17, 15) is 9.59 Å². The van der Waals surface area contributed by atoms with Gasteiger partial charge in [-0.15, -0.1) is 10.2 Å². The predicted octanol–water partition coefficient (Wildman–Crippen LogP) is 4.08. The number of nitrogens with one attached hydrogen (secondary N) is 2. The lowest BCUT2D eigenvalue weighted by molar-refractivity contribution is -0.117. The maximum Gasteiger partial charge on any atom is 0.321 e. The van der Waals surface area contributed by atoms with Crippen LogP contribution in [0.4, 0.5) is 4.79 Å². The molecule has 2 N–H and O–H groups in total. The van der Waals surface area contributed by atoms with E-state index in [4.69, 9.17) is 0 Å². The number of hydrogen-bond donors (Lipinski definition) is 2. The number of thioether (sulfide) groups is 1. The summed E-state index contributed by atoms with van der Waals surface area (Å²) in [6, 6.07) is 17.2. The highest BCUT2D eigenvalue weighted by molar-refractivity contribution is 9.10. The fraction of sp³-hybridized carbons (Fsp3) is 0.238. The molecule has 1 aromatic heterocycles. The van der Waals surface area contributed by atoms with Crippen LogP contribution in [0.3, 0.4) is 0 Å². The molecule has 3 rings (SSSR count). The first kappa shape index (κ1) is 22.0. The summed E-state index contributed by atoms with van der Waals surface area (Å²) in [4.78, 5) is 23.9. The van der Waals surface area contributed by atoms with Crippen molar-refractivity contribution in [2.24, 2.45) is 0 Å².